The smallest absolute Gasteiger partial charge is 0.220 e. The maximum absolute atomic E-state index is 12.4. The molecule has 2 heterocycles. The number of amides is 1. The van der Waals surface area contributed by atoms with Crippen molar-refractivity contribution in [3.05, 3.63) is 51.5 Å². The van der Waals surface area contributed by atoms with Crippen molar-refractivity contribution in [3.8, 4) is 0 Å². The molecule has 1 N–H and O–H groups in total. The van der Waals surface area contributed by atoms with E-state index in [1.165, 1.54) is 10.4 Å². The van der Waals surface area contributed by atoms with Crippen LogP contribution in [-0.4, -0.2) is 28.9 Å². The van der Waals surface area contributed by atoms with E-state index in [2.05, 4.69) is 52.5 Å². The molecule has 2 aromatic rings. The quantitative estimate of drug-likeness (QED) is 0.826. The number of carbonyl (C=O) groups excluding carboxylic acids is 1. The fourth-order valence-corrected chi connectivity index (χ4v) is 4.68. The van der Waals surface area contributed by atoms with Crippen LogP contribution >= 0.6 is 11.3 Å². The van der Waals surface area contributed by atoms with E-state index < -0.39 is 0 Å². The molecule has 0 aliphatic carbocycles. The van der Waals surface area contributed by atoms with Crippen molar-refractivity contribution in [2.24, 2.45) is 5.92 Å². The topological polar surface area (TPSA) is 45.2 Å². The third-order valence-corrected chi connectivity index (χ3v) is 6.06. The Hall–Kier alpha value is -1.72. The normalized spacial score (nSPS) is 17.2. The van der Waals surface area contributed by atoms with Crippen LogP contribution in [0.5, 0.6) is 0 Å². The van der Waals surface area contributed by atoms with Gasteiger partial charge in [-0.25, -0.2) is 4.98 Å². The van der Waals surface area contributed by atoms with E-state index >= 15 is 0 Å². The van der Waals surface area contributed by atoms with Gasteiger partial charge in [0.05, 0.1) is 16.7 Å². The van der Waals surface area contributed by atoms with Gasteiger partial charge in [-0.3, -0.25) is 9.69 Å². The van der Waals surface area contributed by atoms with Crippen LogP contribution in [0.25, 0.3) is 0 Å². The van der Waals surface area contributed by atoms with Gasteiger partial charge in [-0.15, -0.1) is 11.3 Å². The number of piperidine rings is 1. The number of rotatable bonds is 6. The van der Waals surface area contributed by atoms with E-state index in [0.29, 0.717) is 12.3 Å². The number of nitrogens with one attached hydrogen (secondary N) is 1. The molecule has 1 amide bonds. The van der Waals surface area contributed by atoms with Crippen LogP contribution < -0.4 is 5.32 Å². The van der Waals surface area contributed by atoms with Crippen molar-refractivity contribution in [3.63, 3.8) is 0 Å². The van der Waals surface area contributed by atoms with E-state index in [1.54, 1.807) is 11.3 Å². The van der Waals surface area contributed by atoms with E-state index in [4.69, 9.17) is 0 Å². The third-order valence-electron chi connectivity index (χ3n) is 5.16. The predicted octanol–water partition coefficient (Wildman–Crippen LogP) is 4.24. The predicted molar refractivity (Wildman–Crippen MR) is 107 cm³/mol. The number of likely N-dealkylation sites (tertiary alicyclic amines) is 1. The molecule has 1 saturated heterocycles. The second kappa shape index (κ2) is 8.78. The van der Waals surface area contributed by atoms with Gasteiger partial charge in [-0.1, -0.05) is 30.3 Å². The summed E-state index contributed by atoms with van der Waals surface area (Å²) in [5.41, 5.74) is 2.38. The summed E-state index contributed by atoms with van der Waals surface area (Å²) in [6, 6.07) is 10.6. The van der Waals surface area contributed by atoms with Crippen LogP contribution in [0.15, 0.2) is 30.3 Å². The maximum Gasteiger partial charge on any atom is 0.220 e. The first-order chi connectivity index (χ1) is 12.5. The molecule has 1 unspecified atom stereocenters. The monoisotopic (exact) mass is 371 g/mol. The Morgan fingerprint density at radius 1 is 1.27 bits per heavy atom. The molecule has 1 aliphatic rings. The van der Waals surface area contributed by atoms with Crippen molar-refractivity contribution in [2.45, 2.75) is 52.6 Å². The molecule has 5 heteroatoms. The molecule has 1 atom stereocenters. The molecule has 0 spiro atoms. The molecule has 26 heavy (non-hydrogen) atoms. The average Bonchev–Trinajstić information content (AvgIpc) is 2.96. The number of benzene rings is 1. The van der Waals surface area contributed by atoms with E-state index in [1.807, 2.05) is 13.8 Å². The summed E-state index contributed by atoms with van der Waals surface area (Å²) >= 11 is 1.69. The molecule has 1 aromatic heterocycles. The summed E-state index contributed by atoms with van der Waals surface area (Å²) in [5.74, 6) is 0.650. The van der Waals surface area contributed by atoms with Crippen LogP contribution in [0.2, 0.25) is 0 Å². The van der Waals surface area contributed by atoms with Crippen molar-refractivity contribution in [1.29, 1.82) is 0 Å². The fraction of sp³-hybridized carbons (Fsp3) is 0.524. The highest BCUT2D eigenvalue weighted by molar-refractivity contribution is 7.11. The summed E-state index contributed by atoms with van der Waals surface area (Å²) < 4.78 is 0. The van der Waals surface area contributed by atoms with Crippen LogP contribution in [0.1, 0.15) is 53.4 Å². The van der Waals surface area contributed by atoms with Crippen molar-refractivity contribution >= 4 is 17.2 Å². The number of carbonyl (C=O) groups is 1. The molecule has 4 nitrogen and oxygen atoms in total. The highest BCUT2D eigenvalue weighted by Gasteiger charge is 2.23. The number of hydrogen-bond donors (Lipinski definition) is 1. The number of thiazole rings is 1. The molecule has 1 aliphatic heterocycles. The van der Waals surface area contributed by atoms with Gasteiger partial charge in [-0.2, -0.15) is 0 Å². The first kappa shape index (κ1) is 19.1. The Morgan fingerprint density at radius 2 is 1.96 bits per heavy atom. The molecule has 0 radical (unpaired) electrons. The minimum Gasteiger partial charge on any atom is -0.348 e. The van der Waals surface area contributed by atoms with Crippen LogP contribution in [0.4, 0.5) is 0 Å². The first-order valence-electron chi connectivity index (χ1n) is 9.51. The SMILES string of the molecule is Cc1nc(C(C)NC(=O)CC2CCN(Cc3ccccc3)CC2)c(C)s1. The standard InChI is InChI=1S/C21H29N3OS/c1-15(21-16(2)26-17(3)23-21)22-20(25)13-18-9-11-24(12-10-18)14-19-7-5-4-6-8-19/h4-8,15,18H,9-14H2,1-3H3,(H,22,25). The molecule has 1 fully saturated rings. The second-order valence-corrected chi connectivity index (χ2v) is 8.78. The highest BCUT2D eigenvalue weighted by Crippen LogP contribution is 2.24. The zero-order chi connectivity index (χ0) is 18.5. The highest BCUT2D eigenvalue weighted by atomic mass is 32.1. The summed E-state index contributed by atoms with van der Waals surface area (Å²) in [5, 5.41) is 4.20. The summed E-state index contributed by atoms with van der Waals surface area (Å²) in [6.07, 6.45) is 2.83. The summed E-state index contributed by atoms with van der Waals surface area (Å²) in [7, 11) is 0. The lowest BCUT2D eigenvalue weighted by atomic mass is 9.93. The molecule has 0 saturated carbocycles. The number of hydrogen-bond acceptors (Lipinski definition) is 4. The van der Waals surface area contributed by atoms with Crippen LogP contribution in [-0.2, 0) is 11.3 Å². The largest absolute Gasteiger partial charge is 0.348 e. The van der Waals surface area contributed by atoms with Crippen LogP contribution in [0, 0.1) is 19.8 Å². The van der Waals surface area contributed by atoms with Crippen LogP contribution in [0.3, 0.4) is 0 Å². The second-order valence-electron chi connectivity index (χ2n) is 7.37. The Balaban J connectivity index is 1.42. The zero-order valence-electron chi connectivity index (χ0n) is 16.0. The Kier molecular flexibility index (Phi) is 6.43. The lowest BCUT2D eigenvalue weighted by molar-refractivity contribution is -0.123. The third kappa shape index (κ3) is 5.15. The van der Waals surface area contributed by atoms with Crippen molar-refractivity contribution in [2.75, 3.05) is 13.1 Å². The fourth-order valence-electron chi connectivity index (χ4n) is 3.77. The molecule has 140 valence electrons. The van der Waals surface area contributed by atoms with E-state index in [0.717, 1.165) is 43.2 Å². The minimum absolute atomic E-state index is 0.00869. The van der Waals surface area contributed by atoms with Crippen molar-refractivity contribution in [1.82, 2.24) is 15.2 Å². The average molecular weight is 372 g/mol. The first-order valence-corrected chi connectivity index (χ1v) is 10.3. The van der Waals surface area contributed by atoms with E-state index in [9.17, 15) is 4.79 Å². The number of aryl methyl sites for hydroxylation is 2. The van der Waals surface area contributed by atoms with Gasteiger partial charge in [0.25, 0.3) is 0 Å². The minimum atomic E-state index is -0.00869. The Bertz CT molecular complexity index is 720. The molecular weight excluding hydrogens is 342 g/mol. The number of nitrogens with zero attached hydrogens (tertiary/aromatic N) is 2. The molecule has 0 bridgehead atoms. The van der Waals surface area contributed by atoms with Gasteiger partial charge < -0.3 is 5.32 Å². The lowest BCUT2D eigenvalue weighted by Gasteiger charge is -2.31. The molecule has 3 rings (SSSR count). The van der Waals surface area contributed by atoms with Gasteiger partial charge in [0.15, 0.2) is 0 Å². The zero-order valence-corrected chi connectivity index (χ0v) is 16.8. The van der Waals surface area contributed by atoms with Crippen molar-refractivity contribution < 1.29 is 4.79 Å². The van der Waals surface area contributed by atoms with E-state index in [-0.39, 0.29) is 11.9 Å². The number of aromatic nitrogens is 1. The molecule has 1 aromatic carbocycles. The maximum atomic E-state index is 12.4. The van der Waals surface area contributed by atoms with Gasteiger partial charge in [0, 0.05) is 17.8 Å². The summed E-state index contributed by atoms with van der Waals surface area (Å²) in [6.45, 7) is 9.28. The Morgan fingerprint density at radius 3 is 2.58 bits per heavy atom. The summed E-state index contributed by atoms with van der Waals surface area (Å²) in [4.78, 5) is 20.7. The Labute approximate surface area is 160 Å². The lowest BCUT2D eigenvalue weighted by Crippen LogP contribution is -2.36. The van der Waals surface area contributed by atoms with Gasteiger partial charge in [-0.05, 0) is 58.2 Å². The molecular formula is C21H29N3OS. The van der Waals surface area contributed by atoms with Gasteiger partial charge in [0.2, 0.25) is 5.91 Å². The van der Waals surface area contributed by atoms with Gasteiger partial charge >= 0.3 is 0 Å². The van der Waals surface area contributed by atoms with Gasteiger partial charge in [0.1, 0.15) is 0 Å².